The first kappa shape index (κ1) is 11.0. The maximum Gasteiger partial charge on any atom is 0.0687 e. The molecule has 1 fully saturated rings. The van der Waals surface area contributed by atoms with Crippen LogP contribution in [0.15, 0.2) is 0 Å². The summed E-state index contributed by atoms with van der Waals surface area (Å²) in [5, 5.41) is 13.1. The Hall–Kier alpha value is -0.0800. The lowest BCUT2D eigenvalue weighted by Crippen LogP contribution is -2.38. The monoisotopic (exact) mass is 185 g/mol. The van der Waals surface area contributed by atoms with E-state index >= 15 is 0 Å². The zero-order valence-electron chi connectivity index (χ0n) is 9.09. The Labute approximate surface area is 81.7 Å². The molecule has 1 rings (SSSR count). The SMILES string of the molecule is CC(C)C(O)CNC1CCCC1C. The Morgan fingerprint density at radius 3 is 2.54 bits per heavy atom. The minimum absolute atomic E-state index is 0.187. The Bertz CT molecular complexity index is 147. The first-order valence-electron chi connectivity index (χ1n) is 5.52. The minimum Gasteiger partial charge on any atom is -0.392 e. The van der Waals surface area contributed by atoms with E-state index in [0.717, 1.165) is 12.5 Å². The summed E-state index contributed by atoms with van der Waals surface area (Å²) in [7, 11) is 0. The van der Waals surface area contributed by atoms with Crippen molar-refractivity contribution in [3.63, 3.8) is 0 Å². The van der Waals surface area contributed by atoms with E-state index in [9.17, 15) is 5.11 Å². The highest BCUT2D eigenvalue weighted by molar-refractivity contribution is 4.81. The van der Waals surface area contributed by atoms with Crippen molar-refractivity contribution in [2.24, 2.45) is 11.8 Å². The zero-order chi connectivity index (χ0) is 9.84. The van der Waals surface area contributed by atoms with Crippen molar-refractivity contribution in [3.05, 3.63) is 0 Å². The van der Waals surface area contributed by atoms with Crippen LogP contribution in [0.2, 0.25) is 0 Å². The second kappa shape index (κ2) is 4.97. The van der Waals surface area contributed by atoms with Crippen LogP contribution >= 0.6 is 0 Å². The molecule has 2 heteroatoms. The third kappa shape index (κ3) is 3.28. The lowest BCUT2D eigenvalue weighted by Gasteiger charge is -2.21. The van der Waals surface area contributed by atoms with Gasteiger partial charge in [-0.25, -0.2) is 0 Å². The molecule has 0 spiro atoms. The highest BCUT2D eigenvalue weighted by Gasteiger charge is 2.23. The van der Waals surface area contributed by atoms with Crippen LogP contribution in [0.25, 0.3) is 0 Å². The van der Waals surface area contributed by atoms with E-state index in [4.69, 9.17) is 0 Å². The standard InChI is InChI=1S/C11H23NO/c1-8(2)11(13)7-12-10-6-4-5-9(10)3/h8-13H,4-7H2,1-3H3. The largest absolute Gasteiger partial charge is 0.392 e. The number of nitrogens with one attached hydrogen (secondary N) is 1. The van der Waals surface area contributed by atoms with Crippen molar-refractivity contribution in [1.29, 1.82) is 0 Å². The fraction of sp³-hybridized carbons (Fsp3) is 1.00. The zero-order valence-corrected chi connectivity index (χ0v) is 9.09. The van der Waals surface area contributed by atoms with Gasteiger partial charge in [0.2, 0.25) is 0 Å². The van der Waals surface area contributed by atoms with Crippen molar-refractivity contribution >= 4 is 0 Å². The topological polar surface area (TPSA) is 32.3 Å². The predicted octanol–water partition coefficient (Wildman–Crippen LogP) is 1.78. The second-order valence-corrected chi connectivity index (χ2v) is 4.73. The predicted molar refractivity (Wildman–Crippen MR) is 55.7 cm³/mol. The summed E-state index contributed by atoms with van der Waals surface area (Å²) in [6, 6.07) is 0.647. The molecule has 78 valence electrons. The van der Waals surface area contributed by atoms with Crippen molar-refractivity contribution in [1.82, 2.24) is 5.32 Å². The molecule has 0 aromatic carbocycles. The van der Waals surface area contributed by atoms with Gasteiger partial charge in [0.15, 0.2) is 0 Å². The van der Waals surface area contributed by atoms with E-state index in [-0.39, 0.29) is 6.10 Å². The third-order valence-corrected chi connectivity index (χ3v) is 3.22. The molecule has 3 atom stereocenters. The maximum absolute atomic E-state index is 9.61. The summed E-state index contributed by atoms with van der Waals surface area (Å²) in [6.07, 6.45) is 3.78. The van der Waals surface area contributed by atoms with Crippen LogP contribution in [-0.2, 0) is 0 Å². The van der Waals surface area contributed by atoms with Crippen molar-refractivity contribution in [2.75, 3.05) is 6.54 Å². The Kier molecular flexibility index (Phi) is 4.20. The molecule has 0 saturated heterocycles. The molecule has 13 heavy (non-hydrogen) atoms. The molecule has 1 saturated carbocycles. The van der Waals surface area contributed by atoms with Crippen LogP contribution in [0.4, 0.5) is 0 Å². The van der Waals surface area contributed by atoms with Crippen molar-refractivity contribution < 1.29 is 5.11 Å². The average Bonchev–Trinajstić information content (AvgIpc) is 2.47. The van der Waals surface area contributed by atoms with Crippen LogP contribution in [0.5, 0.6) is 0 Å². The van der Waals surface area contributed by atoms with E-state index in [2.05, 4.69) is 26.1 Å². The molecule has 2 nitrogen and oxygen atoms in total. The van der Waals surface area contributed by atoms with Crippen LogP contribution in [0.1, 0.15) is 40.0 Å². The van der Waals surface area contributed by atoms with E-state index in [0.29, 0.717) is 12.0 Å². The number of rotatable bonds is 4. The van der Waals surface area contributed by atoms with Gasteiger partial charge < -0.3 is 10.4 Å². The fourth-order valence-corrected chi connectivity index (χ4v) is 1.96. The average molecular weight is 185 g/mol. The minimum atomic E-state index is -0.187. The summed E-state index contributed by atoms with van der Waals surface area (Å²) >= 11 is 0. The molecular weight excluding hydrogens is 162 g/mol. The van der Waals surface area contributed by atoms with Gasteiger partial charge in [0.1, 0.15) is 0 Å². The van der Waals surface area contributed by atoms with Crippen LogP contribution < -0.4 is 5.32 Å². The first-order chi connectivity index (χ1) is 6.11. The molecule has 0 aliphatic heterocycles. The summed E-state index contributed by atoms with van der Waals surface area (Å²) < 4.78 is 0. The molecule has 0 bridgehead atoms. The quantitative estimate of drug-likeness (QED) is 0.700. The summed E-state index contributed by atoms with van der Waals surface area (Å²) in [5.41, 5.74) is 0. The van der Waals surface area contributed by atoms with Gasteiger partial charge in [0.05, 0.1) is 6.10 Å². The Morgan fingerprint density at radius 2 is 2.08 bits per heavy atom. The van der Waals surface area contributed by atoms with Gasteiger partial charge in [-0.15, -0.1) is 0 Å². The maximum atomic E-state index is 9.61. The van der Waals surface area contributed by atoms with E-state index in [1.807, 2.05) is 0 Å². The van der Waals surface area contributed by atoms with Gasteiger partial charge in [-0.1, -0.05) is 27.2 Å². The molecule has 0 radical (unpaired) electrons. The molecule has 0 aromatic heterocycles. The number of aliphatic hydroxyl groups is 1. The Morgan fingerprint density at radius 1 is 1.38 bits per heavy atom. The van der Waals surface area contributed by atoms with Gasteiger partial charge in [-0.05, 0) is 24.7 Å². The van der Waals surface area contributed by atoms with Crippen LogP contribution in [0, 0.1) is 11.8 Å². The van der Waals surface area contributed by atoms with E-state index < -0.39 is 0 Å². The molecule has 2 N–H and O–H groups in total. The van der Waals surface area contributed by atoms with Crippen molar-refractivity contribution in [2.45, 2.75) is 52.2 Å². The lowest BCUT2D eigenvalue weighted by molar-refractivity contribution is 0.118. The molecule has 0 aromatic rings. The van der Waals surface area contributed by atoms with Gasteiger partial charge in [-0.3, -0.25) is 0 Å². The second-order valence-electron chi connectivity index (χ2n) is 4.73. The van der Waals surface area contributed by atoms with Gasteiger partial charge in [0, 0.05) is 12.6 Å². The molecule has 1 aliphatic rings. The molecule has 3 unspecified atom stereocenters. The highest BCUT2D eigenvalue weighted by Crippen LogP contribution is 2.24. The molecule has 0 amide bonds. The van der Waals surface area contributed by atoms with Crippen molar-refractivity contribution in [3.8, 4) is 0 Å². The Balaban J connectivity index is 2.18. The highest BCUT2D eigenvalue weighted by atomic mass is 16.3. The fourth-order valence-electron chi connectivity index (χ4n) is 1.96. The smallest absolute Gasteiger partial charge is 0.0687 e. The summed E-state index contributed by atoms with van der Waals surface area (Å²) in [4.78, 5) is 0. The van der Waals surface area contributed by atoms with Crippen LogP contribution in [0.3, 0.4) is 0 Å². The third-order valence-electron chi connectivity index (χ3n) is 3.22. The molecule has 0 heterocycles. The van der Waals surface area contributed by atoms with Gasteiger partial charge in [-0.2, -0.15) is 0 Å². The van der Waals surface area contributed by atoms with E-state index in [1.165, 1.54) is 19.3 Å². The number of hydrogen-bond donors (Lipinski definition) is 2. The summed E-state index contributed by atoms with van der Waals surface area (Å²) in [5.74, 6) is 1.16. The van der Waals surface area contributed by atoms with Gasteiger partial charge in [0.25, 0.3) is 0 Å². The summed E-state index contributed by atoms with van der Waals surface area (Å²) in [6.45, 7) is 7.17. The molecular formula is C11H23NO. The normalized spacial score (nSPS) is 31.2. The first-order valence-corrected chi connectivity index (χ1v) is 5.52. The van der Waals surface area contributed by atoms with Gasteiger partial charge >= 0.3 is 0 Å². The van der Waals surface area contributed by atoms with Crippen LogP contribution in [-0.4, -0.2) is 23.8 Å². The van der Waals surface area contributed by atoms with E-state index in [1.54, 1.807) is 0 Å². The lowest BCUT2D eigenvalue weighted by atomic mass is 10.0. The molecule has 1 aliphatic carbocycles. The number of hydrogen-bond acceptors (Lipinski definition) is 2. The number of aliphatic hydroxyl groups excluding tert-OH is 1.